The van der Waals surface area contributed by atoms with E-state index in [-0.39, 0.29) is 29.7 Å². The predicted octanol–water partition coefficient (Wildman–Crippen LogP) is 4.12. The van der Waals surface area contributed by atoms with E-state index < -0.39 is 9.84 Å². The number of rotatable bonds is 11. The van der Waals surface area contributed by atoms with Crippen molar-refractivity contribution in [3.05, 3.63) is 35.4 Å². The summed E-state index contributed by atoms with van der Waals surface area (Å²) < 4.78 is 22.7. The van der Waals surface area contributed by atoms with Crippen molar-refractivity contribution in [2.24, 2.45) is 10.9 Å². The second-order valence-corrected chi connectivity index (χ2v) is 9.02. The van der Waals surface area contributed by atoms with Crippen LogP contribution < -0.4 is 10.6 Å². The quantitative estimate of drug-likeness (QED) is 0.268. The monoisotopic (exact) mass is 509 g/mol. The summed E-state index contributed by atoms with van der Waals surface area (Å²) in [6, 6.07) is 7.63. The first-order chi connectivity index (χ1) is 12.4. The molecule has 0 radical (unpaired) electrons. The molecule has 0 aliphatic rings. The SMILES string of the molecule is CCCCC(CC)CNC(=NCc1ccc(CS(C)(=O)=O)cc1)NCC.I. The number of guanidine groups is 1. The number of aliphatic imine (C=N–C) groups is 1. The molecule has 0 saturated carbocycles. The highest BCUT2D eigenvalue weighted by molar-refractivity contribution is 14.0. The highest BCUT2D eigenvalue weighted by Crippen LogP contribution is 2.11. The second kappa shape index (κ2) is 14.2. The second-order valence-electron chi connectivity index (χ2n) is 6.88. The summed E-state index contributed by atoms with van der Waals surface area (Å²) >= 11 is 0. The van der Waals surface area contributed by atoms with Gasteiger partial charge in [-0.3, -0.25) is 0 Å². The Hall–Kier alpha value is -0.830. The van der Waals surface area contributed by atoms with Gasteiger partial charge in [-0.2, -0.15) is 0 Å². The summed E-state index contributed by atoms with van der Waals surface area (Å²) in [6.07, 6.45) is 6.19. The van der Waals surface area contributed by atoms with E-state index in [1.165, 1.54) is 31.9 Å². The van der Waals surface area contributed by atoms with E-state index in [2.05, 4.69) is 36.4 Å². The normalized spacial score (nSPS) is 13.0. The minimum absolute atomic E-state index is 0. The lowest BCUT2D eigenvalue weighted by Gasteiger charge is -2.18. The first kappa shape index (κ1) is 26.2. The van der Waals surface area contributed by atoms with Crippen LogP contribution in [0.3, 0.4) is 0 Å². The lowest BCUT2D eigenvalue weighted by Crippen LogP contribution is -2.39. The van der Waals surface area contributed by atoms with E-state index in [1.807, 2.05) is 24.3 Å². The third kappa shape index (κ3) is 12.3. The number of benzene rings is 1. The molecule has 0 aliphatic heterocycles. The fourth-order valence-corrected chi connectivity index (χ4v) is 3.54. The van der Waals surface area contributed by atoms with E-state index in [1.54, 1.807) is 0 Å². The Morgan fingerprint density at radius 1 is 1.07 bits per heavy atom. The predicted molar refractivity (Wildman–Crippen MR) is 127 cm³/mol. The Morgan fingerprint density at radius 3 is 2.22 bits per heavy atom. The van der Waals surface area contributed by atoms with Crippen LogP contribution in [0.4, 0.5) is 0 Å². The van der Waals surface area contributed by atoms with Crippen LogP contribution in [0.15, 0.2) is 29.3 Å². The number of nitrogens with zero attached hydrogens (tertiary/aromatic N) is 1. The van der Waals surface area contributed by atoms with Crippen LogP contribution in [0.2, 0.25) is 0 Å². The van der Waals surface area contributed by atoms with Crippen LogP contribution in [0.5, 0.6) is 0 Å². The maximum atomic E-state index is 11.4. The molecule has 1 atom stereocenters. The van der Waals surface area contributed by atoms with Gasteiger partial charge >= 0.3 is 0 Å². The van der Waals surface area contributed by atoms with Gasteiger partial charge in [0.1, 0.15) is 0 Å². The van der Waals surface area contributed by atoms with Gasteiger partial charge in [0.05, 0.1) is 12.3 Å². The van der Waals surface area contributed by atoms with Gasteiger partial charge in [0, 0.05) is 19.3 Å². The van der Waals surface area contributed by atoms with Crippen molar-refractivity contribution in [1.29, 1.82) is 0 Å². The zero-order valence-corrected chi connectivity index (χ0v) is 20.3. The Balaban J connectivity index is 0.00000676. The van der Waals surface area contributed by atoms with E-state index >= 15 is 0 Å². The molecular weight excluding hydrogens is 473 g/mol. The topological polar surface area (TPSA) is 70.6 Å². The first-order valence-corrected chi connectivity index (χ1v) is 11.7. The Bertz CT molecular complexity index is 646. The van der Waals surface area contributed by atoms with Gasteiger partial charge in [0.25, 0.3) is 0 Å². The standard InChI is InChI=1S/C20H35N3O2S.HI/c1-5-8-9-17(6-2)14-22-20(21-7-3)23-15-18-10-12-19(13-11-18)16-26(4,24)25;/h10-13,17H,5-9,14-16H2,1-4H3,(H2,21,22,23);1H. The van der Waals surface area contributed by atoms with Gasteiger partial charge in [0.2, 0.25) is 0 Å². The van der Waals surface area contributed by atoms with E-state index in [0.717, 1.165) is 30.2 Å². The number of halogens is 1. The lowest BCUT2D eigenvalue weighted by molar-refractivity contribution is 0.443. The van der Waals surface area contributed by atoms with Crippen LogP contribution in [0, 0.1) is 5.92 Å². The summed E-state index contributed by atoms with van der Waals surface area (Å²) in [5.41, 5.74) is 1.88. The molecule has 0 bridgehead atoms. The molecule has 0 fully saturated rings. The third-order valence-corrected chi connectivity index (χ3v) is 5.17. The fraction of sp³-hybridized carbons (Fsp3) is 0.650. The molecule has 0 aliphatic carbocycles. The van der Waals surface area contributed by atoms with Crippen LogP contribution >= 0.6 is 24.0 Å². The summed E-state index contributed by atoms with van der Waals surface area (Å²) in [6.45, 7) is 8.86. The highest BCUT2D eigenvalue weighted by Gasteiger charge is 2.07. The first-order valence-electron chi connectivity index (χ1n) is 9.65. The van der Waals surface area contributed by atoms with Gasteiger partial charge in [-0.15, -0.1) is 24.0 Å². The lowest BCUT2D eigenvalue weighted by atomic mass is 9.99. The number of hydrogen-bond donors (Lipinski definition) is 2. The van der Waals surface area contributed by atoms with Gasteiger partial charge < -0.3 is 10.6 Å². The van der Waals surface area contributed by atoms with Crippen molar-refractivity contribution >= 4 is 39.8 Å². The molecule has 27 heavy (non-hydrogen) atoms. The van der Waals surface area contributed by atoms with Crippen molar-refractivity contribution in [1.82, 2.24) is 10.6 Å². The molecule has 0 saturated heterocycles. The minimum atomic E-state index is -3.00. The highest BCUT2D eigenvalue weighted by atomic mass is 127. The largest absolute Gasteiger partial charge is 0.357 e. The minimum Gasteiger partial charge on any atom is -0.357 e. The number of nitrogens with one attached hydrogen (secondary N) is 2. The molecule has 5 nitrogen and oxygen atoms in total. The average molecular weight is 509 g/mol. The summed E-state index contributed by atoms with van der Waals surface area (Å²) in [4.78, 5) is 4.65. The summed E-state index contributed by atoms with van der Waals surface area (Å²) in [7, 11) is -3.00. The average Bonchev–Trinajstić information content (AvgIpc) is 2.59. The van der Waals surface area contributed by atoms with Crippen molar-refractivity contribution in [2.75, 3.05) is 19.3 Å². The van der Waals surface area contributed by atoms with Gasteiger partial charge in [-0.05, 0) is 30.4 Å². The van der Waals surface area contributed by atoms with Crippen molar-refractivity contribution < 1.29 is 8.42 Å². The molecule has 1 rings (SSSR count). The van der Waals surface area contributed by atoms with Gasteiger partial charge in [0.15, 0.2) is 15.8 Å². The molecule has 0 aromatic heterocycles. The molecule has 156 valence electrons. The zero-order valence-electron chi connectivity index (χ0n) is 17.1. The van der Waals surface area contributed by atoms with Crippen molar-refractivity contribution in [2.45, 2.75) is 58.8 Å². The van der Waals surface area contributed by atoms with Crippen LogP contribution in [-0.2, 0) is 22.1 Å². The van der Waals surface area contributed by atoms with Crippen LogP contribution in [0.25, 0.3) is 0 Å². The van der Waals surface area contributed by atoms with Gasteiger partial charge in [-0.25, -0.2) is 13.4 Å². The Morgan fingerprint density at radius 2 is 1.70 bits per heavy atom. The van der Waals surface area contributed by atoms with Crippen molar-refractivity contribution in [3.63, 3.8) is 0 Å². The summed E-state index contributed by atoms with van der Waals surface area (Å²) in [5.74, 6) is 1.59. The smallest absolute Gasteiger partial charge is 0.191 e. The molecule has 1 unspecified atom stereocenters. The molecule has 0 heterocycles. The Kier molecular flexibility index (Phi) is 13.8. The molecule has 1 aromatic rings. The van der Waals surface area contributed by atoms with Crippen LogP contribution in [-0.4, -0.2) is 33.7 Å². The number of sulfone groups is 1. The molecule has 0 amide bonds. The Labute approximate surface area is 182 Å². The van der Waals surface area contributed by atoms with Crippen LogP contribution in [0.1, 0.15) is 57.6 Å². The maximum absolute atomic E-state index is 11.4. The maximum Gasteiger partial charge on any atom is 0.191 e. The van der Waals surface area contributed by atoms with E-state index in [4.69, 9.17) is 0 Å². The molecule has 0 spiro atoms. The molecule has 2 N–H and O–H groups in total. The van der Waals surface area contributed by atoms with Crippen molar-refractivity contribution in [3.8, 4) is 0 Å². The molecule has 1 aromatic carbocycles. The number of unbranched alkanes of at least 4 members (excludes halogenated alkanes) is 1. The zero-order chi connectivity index (χ0) is 19.4. The van der Waals surface area contributed by atoms with E-state index in [9.17, 15) is 8.42 Å². The third-order valence-electron chi connectivity index (χ3n) is 4.32. The van der Waals surface area contributed by atoms with E-state index in [0.29, 0.717) is 12.5 Å². The fourth-order valence-electron chi connectivity index (χ4n) is 2.74. The molecule has 7 heteroatoms. The van der Waals surface area contributed by atoms with Gasteiger partial charge in [-0.1, -0.05) is 57.4 Å². The number of hydrogen-bond acceptors (Lipinski definition) is 3. The molecular formula is C20H36IN3O2S. The summed E-state index contributed by atoms with van der Waals surface area (Å²) in [5, 5.41) is 6.74.